The van der Waals surface area contributed by atoms with Crippen LogP contribution in [0.15, 0.2) is 18.2 Å². The number of hydrogen-bond acceptors (Lipinski definition) is 1. The molecule has 1 aliphatic carbocycles. The lowest BCUT2D eigenvalue weighted by molar-refractivity contribution is 0.518. The van der Waals surface area contributed by atoms with Crippen LogP contribution in [0, 0.1) is 11.6 Å². The average molecular weight is 211 g/mol. The molecular weight excluding hydrogens is 196 g/mol. The van der Waals surface area contributed by atoms with Crippen LogP contribution in [0.2, 0.25) is 0 Å². The van der Waals surface area contributed by atoms with Crippen molar-refractivity contribution in [2.24, 2.45) is 0 Å². The zero-order valence-electron chi connectivity index (χ0n) is 8.60. The van der Waals surface area contributed by atoms with Gasteiger partial charge in [0.1, 0.15) is 11.6 Å². The summed E-state index contributed by atoms with van der Waals surface area (Å²) in [6.07, 6.45) is 4.87. The zero-order valence-corrected chi connectivity index (χ0v) is 8.60. The van der Waals surface area contributed by atoms with Crippen molar-refractivity contribution in [3.8, 4) is 0 Å². The van der Waals surface area contributed by atoms with E-state index in [9.17, 15) is 8.78 Å². The Hall–Kier alpha value is -0.960. The second-order valence-electron chi connectivity index (χ2n) is 4.14. The van der Waals surface area contributed by atoms with Crippen molar-refractivity contribution in [2.75, 3.05) is 0 Å². The fourth-order valence-corrected chi connectivity index (χ4v) is 2.11. The summed E-state index contributed by atoms with van der Waals surface area (Å²) in [4.78, 5) is 0. The average Bonchev–Trinajstić information content (AvgIpc) is 2.65. The van der Waals surface area contributed by atoms with Gasteiger partial charge in [0, 0.05) is 18.7 Å². The Morgan fingerprint density at radius 2 is 1.67 bits per heavy atom. The Morgan fingerprint density at radius 3 is 2.27 bits per heavy atom. The van der Waals surface area contributed by atoms with Gasteiger partial charge in [-0.2, -0.15) is 0 Å². The van der Waals surface area contributed by atoms with E-state index >= 15 is 0 Å². The molecule has 0 bridgehead atoms. The summed E-state index contributed by atoms with van der Waals surface area (Å²) in [7, 11) is 0. The monoisotopic (exact) mass is 211 g/mol. The lowest BCUT2D eigenvalue weighted by atomic mass is 10.2. The van der Waals surface area contributed by atoms with Crippen LogP contribution in [0.3, 0.4) is 0 Å². The molecule has 0 heterocycles. The highest BCUT2D eigenvalue weighted by Crippen LogP contribution is 2.18. The van der Waals surface area contributed by atoms with E-state index in [1.54, 1.807) is 0 Å². The van der Waals surface area contributed by atoms with Crippen LogP contribution in [-0.2, 0) is 6.54 Å². The van der Waals surface area contributed by atoms with E-state index in [0.717, 1.165) is 6.07 Å². The van der Waals surface area contributed by atoms with Crippen LogP contribution < -0.4 is 5.32 Å². The highest BCUT2D eigenvalue weighted by molar-refractivity contribution is 5.17. The largest absolute Gasteiger partial charge is 0.310 e. The van der Waals surface area contributed by atoms with Crippen molar-refractivity contribution in [3.63, 3.8) is 0 Å². The molecule has 1 nitrogen and oxygen atoms in total. The van der Waals surface area contributed by atoms with Crippen molar-refractivity contribution < 1.29 is 8.78 Å². The molecule has 0 amide bonds. The summed E-state index contributed by atoms with van der Waals surface area (Å²) in [5.74, 6) is -1.00. The molecule has 15 heavy (non-hydrogen) atoms. The molecule has 0 spiro atoms. The van der Waals surface area contributed by atoms with Gasteiger partial charge in [-0.3, -0.25) is 0 Å². The SMILES string of the molecule is Fc1cc(F)cc(CNC2CCCC2)c1. The third-order valence-corrected chi connectivity index (χ3v) is 2.87. The highest BCUT2D eigenvalue weighted by Gasteiger charge is 2.13. The second kappa shape index (κ2) is 4.71. The number of nitrogens with one attached hydrogen (secondary N) is 1. The van der Waals surface area contributed by atoms with Gasteiger partial charge >= 0.3 is 0 Å². The fraction of sp³-hybridized carbons (Fsp3) is 0.500. The van der Waals surface area contributed by atoms with Gasteiger partial charge < -0.3 is 5.32 Å². The fourth-order valence-electron chi connectivity index (χ4n) is 2.11. The molecule has 1 N–H and O–H groups in total. The molecule has 1 saturated carbocycles. The smallest absolute Gasteiger partial charge is 0.126 e. The minimum atomic E-state index is -0.502. The zero-order chi connectivity index (χ0) is 10.7. The first-order chi connectivity index (χ1) is 7.24. The van der Waals surface area contributed by atoms with E-state index in [-0.39, 0.29) is 0 Å². The standard InChI is InChI=1S/C12H15F2N/c13-10-5-9(6-11(14)7-10)8-15-12-3-1-2-4-12/h5-7,12,15H,1-4,8H2. The molecule has 1 aromatic rings. The first-order valence-electron chi connectivity index (χ1n) is 5.42. The number of rotatable bonds is 3. The summed E-state index contributed by atoms with van der Waals surface area (Å²) in [5.41, 5.74) is 0.680. The molecule has 1 aliphatic rings. The number of benzene rings is 1. The van der Waals surface area contributed by atoms with Gasteiger partial charge in [-0.05, 0) is 30.5 Å². The summed E-state index contributed by atoms with van der Waals surface area (Å²) < 4.78 is 25.7. The third kappa shape index (κ3) is 2.99. The van der Waals surface area contributed by atoms with Crippen LogP contribution in [0.1, 0.15) is 31.2 Å². The van der Waals surface area contributed by atoms with Crippen LogP contribution in [0.4, 0.5) is 8.78 Å². The van der Waals surface area contributed by atoms with E-state index in [1.807, 2.05) is 0 Å². The number of hydrogen-bond donors (Lipinski definition) is 1. The first-order valence-corrected chi connectivity index (χ1v) is 5.42. The predicted octanol–water partition coefficient (Wildman–Crippen LogP) is 3.00. The third-order valence-electron chi connectivity index (χ3n) is 2.87. The molecule has 0 atom stereocenters. The molecule has 3 heteroatoms. The minimum absolute atomic E-state index is 0.502. The Bertz CT molecular complexity index is 312. The van der Waals surface area contributed by atoms with Crippen LogP contribution in [-0.4, -0.2) is 6.04 Å². The van der Waals surface area contributed by atoms with E-state index in [4.69, 9.17) is 0 Å². The lowest BCUT2D eigenvalue weighted by Crippen LogP contribution is -2.25. The molecule has 1 fully saturated rings. The van der Waals surface area contributed by atoms with Gasteiger partial charge in [0.15, 0.2) is 0 Å². The molecular formula is C12H15F2N. The van der Waals surface area contributed by atoms with Crippen molar-refractivity contribution in [3.05, 3.63) is 35.4 Å². The van der Waals surface area contributed by atoms with Crippen molar-refractivity contribution in [1.29, 1.82) is 0 Å². The Balaban J connectivity index is 1.92. The Kier molecular flexibility index (Phi) is 3.31. The van der Waals surface area contributed by atoms with Gasteiger partial charge in [-0.25, -0.2) is 8.78 Å². The van der Waals surface area contributed by atoms with Crippen LogP contribution >= 0.6 is 0 Å². The van der Waals surface area contributed by atoms with Crippen molar-refractivity contribution in [2.45, 2.75) is 38.3 Å². The molecule has 2 rings (SSSR count). The topological polar surface area (TPSA) is 12.0 Å². The van der Waals surface area contributed by atoms with E-state index in [1.165, 1.54) is 37.8 Å². The van der Waals surface area contributed by atoms with Crippen LogP contribution in [0.5, 0.6) is 0 Å². The van der Waals surface area contributed by atoms with E-state index in [2.05, 4.69) is 5.32 Å². The predicted molar refractivity (Wildman–Crippen MR) is 55.5 cm³/mol. The van der Waals surface area contributed by atoms with E-state index in [0.29, 0.717) is 18.2 Å². The molecule has 0 aliphatic heterocycles. The summed E-state index contributed by atoms with van der Waals surface area (Å²) in [5, 5.41) is 3.32. The Labute approximate surface area is 88.5 Å². The second-order valence-corrected chi connectivity index (χ2v) is 4.14. The maximum absolute atomic E-state index is 12.9. The van der Waals surface area contributed by atoms with Gasteiger partial charge in [-0.1, -0.05) is 12.8 Å². The van der Waals surface area contributed by atoms with Gasteiger partial charge in [0.2, 0.25) is 0 Å². The quantitative estimate of drug-likeness (QED) is 0.810. The minimum Gasteiger partial charge on any atom is -0.310 e. The maximum Gasteiger partial charge on any atom is 0.126 e. The van der Waals surface area contributed by atoms with E-state index < -0.39 is 11.6 Å². The molecule has 0 radical (unpaired) electrons. The summed E-state index contributed by atoms with van der Waals surface area (Å²) in [6.45, 7) is 0.555. The molecule has 82 valence electrons. The van der Waals surface area contributed by atoms with Gasteiger partial charge in [0.05, 0.1) is 0 Å². The lowest BCUT2D eigenvalue weighted by Gasteiger charge is -2.11. The Morgan fingerprint density at radius 1 is 1.07 bits per heavy atom. The maximum atomic E-state index is 12.9. The van der Waals surface area contributed by atoms with Crippen LogP contribution in [0.25, 0.3) is 0 Å². The molecule has 1 aromatic carbocycles. The normalized spacial score (nSPS) is 17.2. The van der Waals surface area contributed by atoms with Crippen molar-refractivity contribution in [1.82, 2.24) is 5.32 Å². The summed E-state index contributed by atoms with van der Waals surface area (Å²) in [6, 6.07) is 4.19. The number of halogens is 2. The first kappa shape index (κ1) is 10.6. The molecule has 0 unspecified atom stereocenters. The molecule has 0 aromatic heterocycles. The molecule has 0 saturated heterocycles. The summed E-state index contributed by atoms with van der Waals surface area (Å²) >= 11 is 0. The van der Waals surface area contributed by atoms with Gasteiger partial charge in [0.25, 0.3) is 0 Å². The van der Waals surface area contributed by atoms with Crippen molar-refractivity contribution >= 4 is 0 Å². The van der Waals surface area contributed by atoms with Gasteiger partial charge in [-0.15, -0.1) is 0 Å². The highest BCUT2D eigenvalue weighted by atomic mass is 19.1.